The normalized spacial score (nSPS) is 12.0. The van der Waals surface area contributed by atoms with Crippen LogP contribution in [0.2, 0.25) is 5.02 Å². The van der Waals surface area contributed by atoms with E-state index in [0.717, 1.165) is 48.4 Å². The van der Waals surface area contributed by atoms with E-state index in [1.54, 1.807) is 6.07 Å². The number of nitrogens with one attached hydrogen (secondary N) is 1. The van der Waals surface area contributed by atoms with E-state index in [-0.39, 0.29) is 16.6 Å². The zero-order chi connectivity index (χ0) is 20.2. The van der Waals surface area contributed by atoms with Gasteiger partial charge in [0.05, 0.1) is 15.6 Å². The van der Waals surface area contributed by atoms with Gasteiger partial charge in [-0.05, 0) is 57.0 Å². The topological polar surface area (TPSA) is 28.2 Å². The van der Waals surface area contributed by atoms with Crippen molar-refractivity contribution in [1.29, 1.82) is 0 Å². The zero-order valence-electron chi connectivity index (χ0n) is 16.0. The monoisotopic (exact) mass is 419 g/mol. The fourth-order valence-electron chi connectivity index (χ4n) is 3.02. The molecule has 0 amide bonds. The molecular formula is C19H25ClF3N3S. The molecule has 150 valence electrons. The first kappa shape index (κ1) is 22.0. The van der Waals surface area contributed by atoms with Crippen LogP contribution in [0.4, 0.5) is 24.0 Å². The highest BCUT2D eigenvalue weighted by Crippen LogP contribution is 2.39. The minimum Gasteiger partial charge on any atom is -0.330 e. The minimum atomic E-state index is -4.48. The Kier molecular flexibility index (Phi) is 7.54. The molecular weight excluding hydrogens is 395 g/mol. The SMILES string of the molecule is CCCN(CCC)Cc1sc(Nc2c(C)cc(C)cc2Cl)nc1C(F)(F)F. The Morgan fingerprint density at radius 3 is 2.30 bits per heavy atom. The second-order valence-corrected chi connectivity index (χ2v) is 8.12. The number of nitrogens with zero attached hydrogens (tertiary/aromatic N) is 2. The fraction of sp³-hybridized carbons (Fsp3) is 0.526. The molecule has 0 unspecified atom stereocenters. The van der Waals surface area contributed by atoms with E-state index in [4.69, 9.17) is 11.6 Å². The Hall–Kier alpha value is -1.31. The number of thiazole rings is 1. The number of hydrogen-bond donors (Lipinski definition) is 1. The summed E-state index contributed by atoms with van der Waals surface area (Å²) in [4.78, 5) is 6.12. The summed E-state index contributed by atoms with van der Waals surface area (Å²) in [5.74, 6) is 0. The molecule has 3 nitrogen and oxygen atoms in total. The first-order valence-electron chi connectivity index (χ1n) is 8.98. The third-order valence-corrected chi connectivity index (χ3v) is 5.33. The van der Waals surface area contributed by atoms with Crippen LogP contribution >= 0.6 is 22.9 Å². The molecule has 0 fully saturated rings. The van der Waals surface area contributed by atoms with E-state index >= 15 is 0 Å². The summed E-state index contributed by atoms with van der Waals surface area (Å²) in [6.07, 6.45) is -2.70. The number of alkyl halides is 3. The van der Waals surface area contributed by atoms with Gasteiger partial charge in [0.1, 0.15) is 0 Å². The van der Waals surface area contributed by atoms with Gasteiger partial charge in [-0.2, -0.15) is 13.2 Å². The third kappa shape index (κ3) is 5.83. The van der Waals surface area contributed by atoms with Gasteiger partial charge in [-0.15, -0.1) is 0 Å². The number of aryl methyl sites for hydroxylation is 2. The standard InChI is InChI=1S/C19H25ClF3N3S/c1-5-7-26(8-6-2)11-15-17(19(21,22)23)25-18(27-15)24-16-13(4)9-12(3)10-14(16)20/h9-10H,5-8,11H2,1-4H3,(H,24,25). The smallest absolute Gasteiger partial charge is 0.330 e. The van der Waals surface area contributed by atoms with Crippen LogP contribution in [0.3, 0.4) is 0 Å². The summed E-state index contributed by atoms with van der Waals surface area (Å²) < 4.78 is 40.5. The third-order valence-electron chi connectivity index (χ3n) is 4.08. The first-order valence-corrected chi connectivity index (χ1v) is 10.2. The second kappa shape index (κ2) is 9.26. The summed E-state index contributed by atoms with van der Waals surface area (Å²) in [5.41, 5.74) is 1.64. The molecule has 0 aliphatic heterocycles. The fourth-order valence-corrected chi connectivity index (χ4v) is 4.42. The Morgan fingerprint density at radius 1 is 1.15 bits per heavy atom. The molecule has 0 saturated heterocycles. The Labute approximate surface area is 167 Å². The van der Waals surface area contributed by atoms with Crippen molar-refractivity contribution in [3.63, 3.8) is 0 Å². The lowest BCUT2D eigenvalue weighted by atomic mass is 10.1. The number of halogens is 4. The van der Waals surface area contributed by atoms with E-state index in [1.165, 1.54) is 0 Å². The van der Waals surface area contributed by atoms with Crippen LogP contribution in [-0.4, -0.2) is 23.0 Å². The molecule has 27 heavy (non-hydrogen) atoms. The van der Waals surface area contributed by atoms with Gasteiger partial charge in [-0.25, -0.2) is 4.98 Å². The van der Waals surface area contributed by atoms with Crippen LogP contribution in [0.5, 0.6) is 0 Å². The highest BCUT2D eigenvalue weighted by Gasteiger charge is 2.38. The largest absolute Gasteiger partial charge is 0.434 e. The van der Waals surface area contributed by atoms with Crippen molar-refractivity contribution in [1.82, 2.24) is 9.88 Å². The molecule has 0 radical (unpaired) electrons. The summed E-state index contributed by atoms with van der Waals surface area (Å²) in [6, 6.07) is 3.71. The molecule has 0 bridgehead atoms. The van der Waals surface area contributed by atoms with E-state index < -0.39 is 11.9 Å². The van der Waals surface area contributed by atoms with Gasteiger partial charge in [-0.1, -0.05) is 42.9 Å². The average Bonchev–Trinajstić information content (AvgIpc) is 2.94. The van der Waals surface area contributed by atoms with Crippen molar-refractivity contribution in [3.05, 3.63) is 38.9 Å². The highest BCUT2D eigenvalue weighted by molar-refractivity contribution is 7.15. The van der Waals surface area contributed by atoms with Gasteiger partial charge in [0.2, 0.25) is 0 Å². The van der Waals surface area contributed by atoms with E-state index in [2.05, 4.69) is 10.3 Å². The predicted molar refractivity (Wildman–Crippen MR) is 107 cm³/mol. The molecule has 1 N–H and O–H groups in total. The van der Waals surface area contributed by atoms with Crippen molar-refractivity contribution in [2.75, 3.05) is 18.4 Å². The molecule has 1 heterocycles. The van der Waals surface area contributed by atoms with Crippen molar-refractivity contribution >= 4 is 33.8 Å². The summed E-state index contributed by atoms with van der Waals surface area (Å²) >= 11 is 7.31. The minimum absolute atomic E-state index is 0.208. The molecule has 0 saturated carbocycles. The second-order valence-electron chi connectivity index (χ2n) is 6.63. The molecule has 1 aromatic heterocycles. The van der Waals surface area contributed by atoms with Crippen molar-refractivity contribution in [2.24, 2.45) is 0 Å². The molecule has 2 rings (SSSR count). The van der Waals surface area contributed by atoms with Crippen LogP contribution in [-0.2, 0) is 12.7 Å². The number of benzene rings is 1. The van der Waals surface area contributed by atoms with Crippen molar-refractivity contribution in [2.45, 2.75) is 53.3 Å². The Bertz CT molecular complexity index is 745. The lowest BCUT2D eigenvalue weighted by Gasteiger charge is -2.20. The lowest BCUT2D eigenvalue weighted by molar-refractivity contribution is -0.141. The van der Waals surface area contributed by atoms with Crippen molar-refractivity contribution in [3.8, 4) is 0 Å². The summed E-state index contributed by atoms with van der Waals surface area (Å²) in [7, 11) is 0. The molecule has 8 heteroatoms. The molecule has 0 aliphatic carbocycles. The van der Waals surface area contributed by atoms with Crippen LogP contribution in [0.25, 0.3) is 0 Å². The van der Waals surface area contributed by atoms with Gasteiger partial charge in [-0.3, -0.25) is 4.90 Å². The number of anilines is 2. The quantitative estimate of drug-likeness (QED) is 0.510. The molecule has 0 aliphatic rings. The summed E-state index contributed by atoms with van der Waals surface area (Å²) in [5, 5.41) is 3.67. The van der Waals surface area contributed by atoms with E-state index in [1.807, 2.05) is 38.7 Å². The van der Waals surface area contributed by atoms with Crippen LogP contribution in [0.15, 0.2) is 12.1 Å². The van der Waals surface area contributed by atoms with Crippen LogP contribution < -0.4 is 5.32 Å². The number of rotatable bonds is 8. The Balaban J connectivity index is 2.35. The Morgan fingerprint density at radius 2 is 1.78 bits per heavy atom. The molecule has 1 aromatic carbocycles. The van der Waals surface area contributed by atoms with E-state index in [0.29, 0.717) is 10.7 Å². The lowest BCUT2D eigenvalue weighted by Crippen LogP contribution is -2.25. The molecule has 2 aromatic rings. The van der Waals surface area contributed by atoms with Crippen LogP contribution in [0, 0.1) is 13.8 Å². The van der Waals surface area contributed by atoms with Gasteiger partial charge in [0.15, 0.2) is 10.8 Å². The number of hydrogen-bond acceptors (Lipinski definition) is 4. The average molecular weight is 420 g/mol. The van der Waals surface area contributed by atoms with Gasteiger partial charge in [0, 0.05) is 6.54 Å². The maximum absolute atomic E-state index is 13.5. The van der Waals surface area contributed by atoms with E-state index in [9.17, 15) is 13.2 Å². The zero-order valence-corrected chi connectivity index (χ0v) is 17.6. The van der Waals surface area contributed by atoms with Gasteiger partial charge in [0.25, 0.3) is 0 Å². The summed E-state index contributed by atoms with van der Waals surface area (Å²) in [6.45, 7) is 9.59. The maximum Gasteiger partial charge on any atom is 0.434 e. The van der Waals surface area contributed by atoms with Gasteiger partial charge < -0.3 is 5.32 Å². The predicted octanol–water partition coefficient (Wildman–Crippen LogP) is 6.80. The first-order chi connectivity index (χ1) is 12.7. The van der Waals surface area contributed by atoms with Crippen LogP contribution in [0.1, 0.15) is 48.4 Å². The van der Waals surface area contributed by atoms with Crippen molar-refractivity contribution < 1.29 is 13.2 Å². The van der Waals surface area contributed by atoms with Gasteiger partial charge >= 0.3 is 6.18 Å². The maximum atomic E-state index is 13.5. The molecule has 0 atom stereocenters. The molecule has 0 spiro atoms. The number of aromatic nitrogens is 1. The highest BCUT2D eigenvalue weighted by atomic mass is 35.5.